The summed E-state index contributed by atoms with van der Waals surface area (Å²) in [5.41, 5.74) is 2.24. The minimum absolute atomic E-state index is 0. The smallest absolute Gasteiger partial charge is 0.194 e. The second-order valence-corrected chi connectivity index (χ2v) is 6.44. The third-order valence-electron chi connectivity index (χ3n) is 3.95. The monoisotopic (exact) mass is 506 g/mol. The van der Waals surface area contributed by atoms with Crippen molar-refractivity contribution in [2.45, 2.75) is 13.1 Å². The maximum absolute atomic E-state index is 6.06. The van der Waals surface area contributed by atoms with Crippen LogP contribution < -0.4 is 10.1 Å². The Kier molecular flexibility index (Phi) is 10.6. The predicted molar refractivity (Wildman–Crippen MR) is 121 cm³/mol. The number of ether oxygens (including phenoxy) is 2. The standard InChI is InChI=1S/C19H27ClN4O2.HI/c1-21-19(24(3)14-17-11-16(20)13-23(17)2)22-12-15-6-5-7-18(10-15)26-9-8-25-4;/h5-7,10-11,13H,8-9,12,14H2,1-4H3,(H,21,22);1H. The number of benzene rings is 1. The van der Waals surface area contributed by atoms with Crippen LogP contribution in [-0.4, -0.2) is 49.8 Å². The summed E-state index contributed by atoms with van der Waals surface area (Å²) in [4.78, 5) is 6.42. The lowest BCUT2D eigenvalue weighted by Crippen LogP contribution is -2.38. The Bertz CT molecular complexity index is 736. The van der Waals surface area contributed by atoms with Gasteiger partial charge in [-0.05, 0) is 23.8 Å². The molecule has 8 heteroatoms. The summed E-state index contributed by atoms with van der Waals surface area (Å²) >= 11 is 6.06. The summed E-state index contributed by atoms with van der Waals surface area (Å²) in [7, 11) is 7.43. The fraction of sp³-hybridized carbons (Fsp3) is 0.421. The molecule has 0 saturated carbocycles. The van der Waals surface area contributed by atoms with Crippen LogP contribution in [0, 0.1) is 0 Å². The van der Waals surface area contributed by atoms with Crippen molar-refractivity contribution in [1.29, 1.82) is 0 Å². The summed E-state index contributed by atoms with van der Waals surface area (Å²) in [5, 5.41) is 4.12. The van der Waals surface area contributed by atoms with Crippen LogP contribution in [0.5, 0.6) is 5.75 Å². The Morgan fingerprint density at radius 3 is 2.70 bits per heavy atom. The van der Waals surface area contributed by atoms with Crippen LogP contribution >= 0.6 is 35.6 Å². The molecular formula is C19H28ClIN4O2. The van der Waals surface area contributed by atoms with Crippen LogP contribution in [0.4, 0.5) is 0 Å². The highest BCUT2D eigenvalue weighted by Gasteiger charge is 2.10. The molecule has 0 atom stereocenters. The normalized spacial score (nSPS) is 11.1. The lowest BCUT2D eigenvalue weighted by atomic mass is 10.2. The summed E-state index contributed by atoms with van der Waals surface area (Å²) in [6.45, 7) is 2.48. The SMILES string of the molecule is CN=C(NCc1cccc(OCCOC)c1)N(C)Cc1cc(Cl)cn1C.I. The first-order chi connectivity index (χ1) is 12.5. The van der Waals surface area contributed by atoms with Gasteiger partial charge in [-0.25, -0.2) is 0 Å². The molecule has 0 fully saturated rings. The molecule has 150 valence electrons. The minimum Gasteiger partial charge on any atom is -0.491 e. The van der Waals surface area contributed by atoms with Crippen molar-refractivity contribution in [3.63, 3.8) is 0 Å². The number of rotatable bonds is 8. The number of aromatic nitrogens is 1. The van der Waals surface area contributed by atoms with E-state index in [0.717, 1.165) is 28.0 Å². The number of hydrogen-bond acceptors (Lipinski definition) is 3. The molecule has 0 unspecified atom stereocenters. The molecule has 2 rings (SSSR count). The predicted octanol–water partition coefficient (Wildman–Crippen LogP) is 3.53. The van der Waals surface area contributed by atoms with E-state index < -0.39 is 0 Å². The van der Waals surface area contributed by atoms with Crippen LogP contribution in [0.1, 0.15) is 11.3 Å². The molecule has 0 radical (unpaired) electrons. The fourth-order valence-electron chi connectivity index (χ4n) is 2.60. The Morgan fingerprint density at radius 2 is 2.07 bits per heavy atom. The molecule has 0 aliphatic carbocycles. The van der Waals surface area contributed by atoms with E-state index in [4.69, 9.17) is 21.1 Å². The van der Waals surface area contributed by atoms with Crippen LogP contribution in [0.25, 0.3) is 0 Å². The summed E-state index contributed by atoms with van der Waals surface area (Å²) in [5.74, 6) is 1.65. The van der Waals surface area contributed by atoms with E-state index in [1.54, 1.807) is 14.2 Å². The number of aliphatic imine (C=N–C) groups is 1. The molecule has 1 N–H and O–H groups in total. The maximum atomic E-state index is 6.06. The summed E-state index contributed by atoms with van der Waals surface area (Å²) < 4.78 is 12.7. The van der Waals surface area contributed by atoms with Crippen molar-refractivity contribution in [2.75, 3.05) is 34.4 Å². The van der Waals surface area contributed by atoms with Gasteiger partial charge in [-0.3, -0.25) is 4.99 Å². The lowest BCUT2D eigenvalue weighted by Gasteiger charge is -2.22. The van der Waals surface area contributed by atoms with Gasteiger partial charge in [0.25, 0.3) is 0 Å². The molecule has 2 aromatic rings. The quantitative estimate of drug-likeness (QED) is 0.258. The zero-order valence-corrected chi connectivity index (χ0v) is 19.3. The summed E-state index contributed by atoms with van der Waals surface area (Å²) in [6, 6.07) is 9.97. The molecule has 0 saturated heterocycles. The van der Waals surface area contributed by atoms with E-state index in [2.05, 4.69) is 21.3 Å². The highest BCUT2D eigenvalue weighted by Crippen LogP contribution is 2.15. The van der Waals surface area contributed by atoms with E-state index in [9.17, 15) is 0 Å². The molecule has 1 heterocycles. The summed E-state index contributed by atoms with van der Waals surface area (Å²) in [6.07, 6.45) is 1.90. The van der Waals surface area contributed by atoms with Gasteiger partial charge in [0, 0.05) is 46.7 Å². The zero-order chi connectivity index (χ0) is 18.9. The van der Waals surface area contributed by atoms with Gasteiger partial charge in [0.05, 0.1) is 18.2 Å². The van der Waals surface area contributed by atoms with Gasteiger partial charge < -0.3 is 24.3 Å². The third kappa shape index (κ3) is 7.59. The van der Waals surface area contributed by atoms with Crippen LogP contribution in [0.2, 0.25) is 5.02 Å². The van der Waals surface area contributed by atoms with E-state index in [1.807, 2.05) is 49.1 Å². The molecule has 6 nitrogen and oxygen atoms in total. The minimum atomic E-state index is 0. The number of nitrogens with one attached hydrogen (secondary N) is 1. The molecular weight excluding hydrogens is 479 g/mol. The molecule has 0 bridgehead atoms. The Morgan fingerprint density at radius 1 is 1.30 bits per heavy atom. The fourth-order valence-corrected chi connectivity index (χ4v) is 2.87. The second kappa shape index (κ2) is 12.1. The van der Waals surface area contributed by atoms with E-state index in [0.29, 0.717) is 26.3 Å². The van der Waals surface area contributed by atoms with Gasteiger partial charge in [0.15, 0.2) is 5.96 Å². The van der Waals surface area contributed by atoms with Crippen molar-refractivity contribution >= 4 is 41.5 Å². The van der Waals surface area contributed by atoms with Crippen LogP contribution in [-0.2, 0) is 24.9 Å². The molecule has 0 aliphatic heterocycles. The first-order valence-corrected chi connectivity index (χ1v) is 8.84. The van der Waals surface area contributed by atoms with Crippen LogP contribution in [0.15, 0.2) is 41.5 Å². The average molecular weight is 507 g/mol. The Balaban J connectivity index is 0.00000364. The molecule has 0 spiro atoms. The van der Waals surface area contributed by atoms with E-state index >= 15 is 0 Å². The van der Waals surface area contributed by atoms with Crippen LogP contribution in [0.3, 0.4) is 0 Å². The van der Waals surface area contributed by atoms with Crippen molar-refractivity contribution in [3.8, 4) is 5.75 Å². The van der Waals surface area contributed by atoms with Gasteiger partial charge in [0.2, 0.25) is 0 Å². The lowest BCUT2D eigenvalue weighted by molar-refractivity contribution is 0.146. The van der Waals surface area contributed by atoms with Gasteiger partial charge >= 0.3 is 0 Å². The van der Waals surface area contributed by atoms with Gasteiger partial charge in [-0.2, -0.15) is 0 Å². The topological polar surface area (TPSA) is 51.0 Å². The molecule has 0 aliphatic rings. The molecule has 1 aromatic heterocycles. The number of aryl methyl sites for hydroxylation is 1. The van der Waals surface area contributed by atoms with Crippen molar-refractivity contribution in [3.05, 3.63) is 52.8 Å². The Hall–Kier alpha value is -1.45. The molecule has 0 amide bonds. The van der Waals surface area contributed by atoms with Crippen molar-refractivity contribution < 1.29 is 9.47 Å². The second-order valence-electron chi connectivity index (χ2n) is 6.01. The highest BCUT2D eigenvalue weighted by molar-refractivity contribution is 14.0. The average Bonchev–Trinajstić information content (AvgIpc) is 2.93. The van der Waals surface area contributed by atoms with Crippen molar-refractivity contribution in [1.82, 2.24) is 14.8 Å². The number of nitrogens with zero attached hydrogens (tertiary/aromatic N) is 3. The zero-order valence-electron chi connectivity index (χ0n) is 16.2. The first kappa shape index (κ1) is 23.6. The van der Waals surface area contributed by atoms with Gasteiger partial charge in [0.1, 0.15) is 12.4 Å². The number of hydrogen-bond donors (Lipinski definition) is 1. The highest BCUT2D eigenvalue weighted by atomic mass is 127. The Labute approximate surface area is 183 Å². The molecule has 27 heavy (non-hydrogen) atoms. The number of guanidine groups is 1. The molecule has 1 aromatic carbocycles. The number of methoxy groups -OCH3 is 1. The van der Waals surface area contributed by atoms with Crippen molar-refractivity contribution in [2.24, 2.45) is 12.0 Å². The van der Waals surface area contributed by atoms with Gasteiger partial charge in [-0.15, -0.1) is 24.0 Å². The number of halogens is 2. The third-order valence-corrected chi connectivity index (χ3v) is 4.16. The van der Waals surface area contributed by atoms with E-state index in [-0.39, 0.29) is 24.0 Å². The van der Waals surface area contributed by atoms with Gasteiger partial charge in [-0.1, -0.05) is 23.7 Å². The maximum Gasteiger partial charge on any atom is 0.194 e. The van der Waals surface area contributed by atoms with E-state index in [1.165, 1.54) is 0 Å². The largest absolute Gasteiger partial charge is 0.491 e. The first-order valence-electron chi connectivity index (χ1n) is 8.46.